The predicted octanol–water partition coefficient (Wildman–Crippen LogP) is 1.09. The third-order valence-corrected chi connectivity index (χ3v) is 2.03. The van der Waals surface area contributed by atoms with Gasteiger partial charge in [0.2, 0.25) is 0 Å². The summed E-state index contributed by atoms with van der Waals surface area (Å²) in [5, 5.41) is 8.56. The molecule has 0 spiro atoms. The van der Waals surface area contributed by atoms with Crippen molar-refractivity contribution in [2.75, 3.05) is 0 Å². The molecule has 76 valence electrons. The van der Waals surface area contributed by atoms with E-state index in [0.29, 0.717) is 11.1 Å². The number of rotatable bonds is 3. The van der Waals surface area contributed by atoms with Gasteiger partial charge in [0.05, 0.1) is 0 Å². The predicted molar refractivity (Wildman–Crippen MR) is 50.5 cm³/mol. The molecule has 1 rings (SSSR count). The van der Waals surface area contributed by atoms with E-state index in [1.807, 2.05) is 0 Å². The molecule has 1 aromatic carbocycles. The summed E-state index contributed by atoms with van der Waals surface area (Å²) in [5.41, 5.74) is 6.15. The molecule has 0 aromatic heterocycles. The van der Waals surface area contributed by atoms with Crippen LogP contribution in [-0.2, 0) is 11.2 Å². The minimum atomic E-state index is -1.12. The molecule has 1 atom stereocenters. The zero-order valence-electron chi connectivity index (χ0n) is 7.83. The van der Waals surface area contributed by atoms with E-state index in [-0.39, 0.29) is 12.2 Å². The van der Waals surface area contributed by atoms with Crippen molar-refractivity contribution in [1.82, 2.24) is 0 Å². The maximum Gasteiger partial charge on any atom is 0.320 e. The zero-order chi connectivity index (χ0) is 10.7. The molecule has 0 radical (unpaired) electrons. The topological polar surface area (TPSA) is 63.3 Å². The van der Waals surface area contributed by atoms with E-state index in [1.54, 1.807) is 25.1 Å². The Bertz CT molecular complexity index is 352. The van der Waals surface area contributed by atoms with Gasteiger partial charge in [-0.05, 0) is 18.1 Å². The van der Waals surface area contributed by atoms with Gasteiger partial charge in [-0.25, -0.2) is 4.39 Å². The number of aryl methyl sites for hydroxylation is 1. The standard InChI is InChI=1S/C10H12FNO2/c1-6-3-2-4-7(9(6)11)5-8(12)10(13)14/h2-4,8H,5,12H2,1H3,(H,13,14). The summed E-state index contributed by atoms with van der Waals surface area (Å²) < 4.78 is 13.4. The minimum Gasteiger partial charge on any atom is -0.480 e. The Kier molecular flexibility index (Phi) is 3.19. The van der Waals surface area contributed by atoms with Gasteiger partial charge in [-0.15, -0.1) is 0 Å². The van der Waals surface area contributed by atoms with E-state index in [0.717, 1.165) is 0 Å². The number of carboxylic acids is 1. The Labute approximate surface area is 81.4 Å². The fourth-order valence-electron chi connectivity index (χ4n) is 1.19. The summed E-state index contributed by atoms with van der Waals surface area (Å²) in [7, 11) is 0. The summed E-state index contributed by atoms with van der Waals surface area (Å²) in [6.45, 7) is 1.63. The molecule has 0 amide bonds. The normalized spacial score (nSPS) is 12.5. The quantitative estimate of drug-likeness (QED) is 0.762. The van der Waals surface area contributed by atoms with Crippen LogP contribution in [0.1, 0.15) is 11.1 Å². The van der Waals surface area contributed by atoms with Crippen LogP contribution in [0.25, 0.3) is 0 Å². The first-order chi connectivity index (χ1) is 6.52. The monoisotopic (exact) mass is 197 g/mol. The van der Waals surface area contributed by atoms with Crippen molar-refractivity contribution >= 4 is 5.97 Å². The van der Waals surface area contributed by atoms with Gasteiger partial charge in [-0.2, -0.15) is 0 Å². The van der Waals surface area contributed by atoms with Crippen LogP contribution in [0.2, 0.25) is 0 Å². The summed E-state index contributed by atoms with van der Waals surface area (Å²) in [4.78, 5) is 10.5. The van der Waals surface area contributed by atoms with Crippen molar-refractivity contribution in [1.29, 1.82) is 0 Å². The lowest BCUT2D eigenvalue weighted by Crippen LogP contribution is -2.32. The second-order valence-corrected chi connectivity index (χ2v) is 3.20. The average molecular weight is 197 g/mol. The summed E-state index contributed by atoms with van der Waals surface area (Å²) >= 11 is 0. The molecule has 0 saturated carbocycles. The number of nitrogens with two attached hydrogens (primary N) is 1. The molecule has 3 nitrogen and oxygen atoms in total. The first-order valence-electron chi connectivity index (χ1n) is 4.24. The molecular formula is C10H12FNO2. The molecule has 0 aliphatic carbocycles. The lowest BCUT2D eigenvalue weighted by molar-refractivity contribution is -0.138. The molecule has 0 aliphatic rings. The van der Waals surface area contributed by atoms with Crippen molar-refractivity contribution in [2.45, 2.75) is 19.4 Å². The Balaban J connectivity index is 2.87. The largest absolute Gasteiger partial charge is 0.480 e. The molecule has 1 aromatic rings. The van der Waals surface area contributed by atoms with Gasteiger partial charge < -0.3 is 10.8 Å². The van der Waals surface area contributed by atoms with Gasteiger partial charge >= 0.3 is 5.97 Å². The van der Waals surface area contributed by atoms with E-state index < -0.39 is 12.0 Å². The van der Waals surface area contributed by atoms with Crippen molar-refractivity contribution in [3.63, 3.8) is 0 Å². The minimum absolute atomic E-state index is 0.0167. The number of benzene rings is 1. The third-order valence-electron chi connectivity index (χ3n) is 2.03. The van der Waals surface area contributed by atoms with Crippen LogP contribution in [0.15, 0.2) is 18.2 Å². The molecule has 3 N–H and O–H groups in total. The average Bonchev–Trinajstić information content (AvgIpc) is 2.12. The maximum absolute atomic E-state index is 13.4. The van der Waals surface area contributed by atoms with Crippen LogP contribution in [0.3, 0.4) is 0 Å². The lowest BCUT2D eigenvalue weighted by Gasteiger charge is -2.08. The van der Waals surface area contributed by atoms with E-state index >= 15 is 0 Å². The highest BCUT2D eigenvalue weighted by atomic mass is 19.1. The molecule has 4 heteroatoms. The fourth-order valence-corrected chi connectivity index (χ4v) is 1.19. The van der Waals surface area contributed by atoms with Gasteiger partial charge in [0, 0.05) is 6.42 Å². The summed E-state index contributed by atoms with van der Waals surface area (Å²) in [5.74, 6) is -1.49. The maximum atomic E-state index is 13.4. The van der Waals surface area contributed by atoms with Crippen LogP contribution in [0.4, 0.5) is 4.39 Å². The number of hydrogen-bond acceptors (Lipinski definition) is 2. The molecule has 0 heterocycles. The number of aliphatic carboxylic acids is 1. The van der Waals surface area contributed by atoms with Gasteiger partial charge in [-0.1, -0.05) is 18.2 Å². The molecule has 1 unspecified atom stereocenters. The Morgan fingerprint density at radius 3 is 2.86 bits per heavy atom. The SMILES string of the molecule is Cc1cccc(CC(N)C(=O)O)c1F. The van der Waals surface area contributed by atoms with Crippen LogP contribution >= 0.6 is 0 Å². The van der Waals surface area contributed by atoms with E-state index in [2.05, 4.69) is 0 Å². The van der Waals surface area contributed by atoms with Crippen LogP contribution in [0.5, 0.6) is 0 Å². The van der Waals surface area contributed by atoms with Crippen molar-refractivity contribution in [2.24, 2.45) is 5.73 Å². The lowest BCUT2D eigenvalue weighted by atomic mass is 10.0. The van der Waals surface area contributed by atoms with E-state index in [4.69, 9.17) is 10.8 Å². The highest BCUT2D eigenvalue weighted by Crippen LogP contribution is 2.13. The van der Waals surface area contributed by atoms with Gasteiger partial charge in [0.1, 0.15) is 11.9 Å². The smallest absolute Gasteiger partial charge is 0.320 e. The first-order valence-corrected chi connectivity index (χ1v) is 4.24. The molecule has 0 aliphatic heterocycles. The number of hydrogen-bond donors (Lipinski definition) is 2. The second kappa shape index (κ2) is 4.19. The van der Waals surface area contributed by atoms with Gasteiger partial charge in [0.25, 0.3) is 0 Å². The second-order valence-electron chi connectivity index (χ2n) is 3.20. The Hall–Kier alpha value is -1.42. The molecule has 0 bridgehead atoms. The van der Waals surface area contributed by atoms with Crippen LogP contribution in [-0.4, -0.2) is 17.1 Å². The number of halogens is 1. The summed E-state index contributed by atoms with van der Waals surface area (Å²) in [6.07, 6.45) is 0.0167. The van der Waals surface area contributed by atoms with Crippen molar-refractivity contribution in [3.8, 4) is 0 Å². The zero-order valence-corrected chi connectivity index (χ0v) is 7.83. The highest BCUT2D eigenvalue weighted by Gasteiger charge is 2.15. The number of carboxylic acid groups (broad SMARTS) is 1. The van der Waals surface area contributed by atoms with Crippen molar-refractivity contribution in [3.05, 3.63) is 35.1 Å². The number of carbonyl (C=O) groups is 1. The Morgan fingerprint density at radius 2 is 2.29 bits per heavy atom. The van der Waals surface area contributed by atoms with E-state index in [9.17, 15) is 9.18 Å². The Morgan fingerprint density at radius 1 is 1.64 bits per heavy atom. The van der Waals surface area contributed by atoms with Crippen LogP contribution < -0.4 is 5.73 Å². The van der Waals surface area contributed by atoms with Gasteiger partial charge in [-0.3, -0.25) is 4.79 Å². The first kappa shape index (κ1) is 10.7. The van der Waals surface area contributed by atoms with Crippen molar-refractivity contribution < 1.29 is 14.3 Å². The molecule has 0 saturated heterocycles. The highest BCUT2D eigenvalue weighted by molar-refractivity contribution is 5.73. The van der Waals surface area contributed by atoms with Gasteiger partial charge in [0.15, 0.2) is 0 Å². The fraction of sp³-hybridized carbons (Fsp3) is 0.300. The molecule has 0 fully saturated rings. The van der Waals surface area contributed by atoms with E-state index in [1.165, 1.54) is 0 Å². The molecular weight excluding hydrogens is 185 g/mol. The van der Waals surface area contributed by atoms with Crippen LogP contribution in [0, 0.1) is 12.7 Å². The molecule has 14 heavy (non-hydrogen) atoms. The summed E-state index contributed by atoms with van der Waals surface area (Å²) in [6, 6.07) is 3.81. The third kappa shape index (κ3) is 2.29.